The summed E-state index contributed by atoms with van der Waals surface area (Å²) >= 11 is 0. The molecule has 2 aromatic carbocycles. The molecule has 0 radical (unpaired) electrons. The molecule has 2 heterocycles. The highest BCUT2D eigenvalue weighted by Crippen LogP contribution is 2.40. The molecule has 1 aliphatic carbocycles. The van der Waals surface area contributed by atoms with Crippen LogP contribution in [0.15, 0.2) is 45.7 Å². The zero-order chi connectivity index (χ0) is 21.8. The smallest absolute Gasteiger partial charge is 0.300 e. The Hall–Kier alpha value is -2.94. The van der Waals surface area contributed by atoms with Crippen LogP contribution in [0.5, 0.6) is 0 Å². The van der Waals surface area contributed by atoms with E-state index in [-0.39, 0.29) is 22.6 Å². The lowest BCUT2D eigenvalue weighted by Crippen LogP contribution is -2.36. The van der Waals surface area contributed by atoms with Crippen molar-refractivity contribution >= 4 is 32.6 Å². The molecule has 1 saturated heterocycles. The summed E-state index contributed by atoms with van der Waals surface area (Å²) in [7, 11) is -4.49. The number of hydrogen-bond donors (Lipinski definition) is 1. The summed E-state index contributed by atoms with van der Waals surface area (Å²) in [4.78, 5) is 14.1. The Bertz CT molecular complexity index is 1290. The number of nitrogens with zero attached hydrogens (tertiary/aromatic N) is 1. The third-order valence-corrected chi connectivity index (χ3v) is 7.48. The second-order valence-electron chi connectivity index (χ2n) is 8.01. The number of anilines is 1. The molecule has 0 bridgehead atoms. The molecule has 0 unspecified atom stereocenters. The number of nitrogens with one attached hydrogen (secondary N) is 1. The molecule has 1 saturated carbocycles. The molecule has 3 aromatic rings. The number of rotatable bonds is 5. The summed E-state index contributed by atoms with van der Waals surface area (Å²) in [5.41, 5.74) is 1.15. The zero-order valence-corrected chi connectivity index (χ0v) is 17.3. The van der Waals surface area contributed by atoms with Gasteiger partial charge in [-0.25, -0.2) is 21.9 Å². The molecular formula is C22H20F2N2O4S. The zero-order valence-electron chi connectivity index (χ0n) is 16.5. The Morgan fingerprint density at radius 1 is 1.06 bits per heavy atom. The van der Waals surface area contributed by atoms with Gasteiger partial charge in [0.15, 0.2) is 5.76 Å². The third-order valence-electron chi connectivity index (χ3n) is 6.05. The Labute approximate surface area is 177 Å². The van der Waals surface area contributed by atoms with Crippen molar-refractivity contribution in [1.82, 2.24) is 4.72 Å². The Morgan fingerprint density at radius 2 is 1.84 bits per heavy atom. The van der Waals surface area contributed by atoms with Gasteiger partial charge in [-0.3, -0.25) is 4.79 Å². The first kappa shape index (κ1) is 20.0. The van der Waals surface area contributed by atoms with Crippen LogP contribution in [-0.2, 0) is 10.0 Å². The van der Waals surface area contributed by atoms with E-state index in [4.69, 9.17) is 4.42 Å². The first-order valence-electron chi connectivity index (χ1n) is 10.2. The number of carbonyl (C=O) groups excluding carboxylic acids is 1. The van der Waals surface area contributed by atoms with Crippen LogP contribution in [0.3, 0.4) is 0 Å². The number of amides is 1. The van der Waals surface area contributed by atoms with Crippen molar-refractivity contribution in [2.75, 3.05) is 18.0 Å². The molecule has 1 aromatic heterocycles. The number of carbonyl (C=O) groups is 1. The second kappa shape index (κ2) is 7.33. The summed E-state index contributed by atoms with van der Waals surface area (Å²) in [6.45, 7) is 1.62. The quantitative estimate of drug-likeness (QED) is 0.632. The molecule has 0 atom stereocenters. The van der Waals surface area contributed by atoms with Crippen LogP contribution in [0.25, 0.3) is 11.0 Å². The number of benzene rings is 2. The highest BCUT2D eigenvalue weighted by Gasteiger charge is 2.32. The Morgan fingerprint density at radius 3 is 2.48 bits per heavy atom. The van der Waals surface area contributed by atoms with Crippen molar-refractivity contribution in [2.24, 2.45) is 0 Å². The van der Waals surface area contributed by atoms with Gasteiger partial charge in [-0.2, -0.15) is 0 Å². The minimum Gasteiger partial charge on any atom is -0.451 e. The van der Waals surface area contributed by atoms with Crippen LogP contribution >= 0.6 is 0 Å². The minimum absolute atomic E-state index is 0.0578. The van der Waals surface area contributed by atoms with Gasteiger partial charge in [-0.1, -0.05) is 18.6 Å². The first-order chi connectivity index (χ1) is 14.8. The molecule has 1 amide bonds. The molecule has 1 N–H and O–H groups in total. The molecule has 162 valence electrons. The molecular weight excluding hydrogens is 426 g/mol. The van der Waals surface area contributed by atoms with E-state index < -0.39 is 32.5 Å². The molecule has 5 rings (SSSR count). The maximum Gasteiger partial charge on any atom is 0.300 e. The maximum atomic E-state index is 14.5. The van der Waals surface area contributed by atoms with Crippen LogP contribution in [-0.4, -0.2) is 27.4 Å². The fourth-order valence-electron chi connectivity index (χ4n) is 4.02. The molecule has 6 nitrogen and oxygen atoms in total. The summed E-state index contributed by atoms with van der Waals surface area (Å²) in [5.74, 6) is -2.98. The lowest BCUT2D eigenvalue weighted by molar-refractivity contribution is 0.0956. The van der Waals surface area contributed by atoms with E-state index in [0.717, 1.165) is 50.9 Å². The Kier molecular flexibility index (Phi) is 4.73. The summed E-state index contributed by atoms with van der Waals surface area (Å²) in [6.07, 6.45) is 3.49. The molecule has 1 aliphatic heterocycles. The van der Waals surface area contributed by atoms with Crippen LogP contribution in [0.1, 0.15) is 47.7 Å². The van der Waals surface area contributed by atoms with Gasteiger partial charge >= 0.3 is 5.91 Å². The predicted octanol–water partition coefficient (Wildman–Crippen LogP) is 4.31. The van der Waals surface area contributed by atoms with Crippen molar-refractivity contribution < 1.29 is 26.4 Å². The fourth-order valence-corrected chi connectivity index (χ4v) is 5.34. The summed E-state index contributed by atoms with van der Waals surface area (Å²) in [5, 5.41) is 0.0767. The van der Waals surface area contributed by atoms with E-state index >= 15 is 0 Å². The molecule has 0 spiro atoms. The van der Waals surface area contributed by atoms with Gasteiger partial charge in [-0.15, -0.1) is 0 Å². The van der Waals surface area contributed by atoms with Crippen molar-refractivity contribution in [2.45, 2.75) is 36.5 Å². The van der Waals surface area contributed by atoms with Gasteiger partial charge in [0.1, 0.15) is 22.1 Å². The van der Waals surface area contributed by atoms with Crippen molar-refractivity contribution in [3.63, 3.8) is 0 Å². The average molecular weight is 446 g/mol. The molecule has 31 heavy (non-hydrogen) atoms. The van der Waals surface area contributed by atoms with Crippen LogP contribution in [0.2, 0.25) is 0 Å². The minimum atomic E-state index is -4.49. The van der Waals surface area contributed by atoms with E-state index in [9.17, 15) is 22.0 Å². The predicted molar refractivity (Wildman–Crippen MR) is 111 cm³/mol. The van der Waals surface area contributed by atoms with Gasteiger partial charge in [0.25, 0.3) is 10.0 Å². The van der Waals surface area contributed by atoms with Gasteiger partial charge in [0.2, 0.25) is 0 Å². The lowest BCUT2D eigenvalue weighted by atomic mass is 9.80. The fraction of sp³-hybridized carbons (Fsp3) is 0.318. The van der Waals surface area contributed by atoms with Gasteiger partial charge in [0.05, 0.1) is 5.39 Å². The molecule has 2 aliphatic rings. The van der Waals surface area contributed by atoms with E-state index in [2.05, 4.69) is 0 Å². The van der Waals surface area contributed by atoms with Gasteiger partial charge < -0.3 is 9.32 Å². The number of furan rings is 1. The number of fused-ring (bicyclic) bond motifs is 1. The van der Waals surface area contributed by atoms with Crippen LogP contribution < -0.4 is 9.62 Å². The average Bonchev–Trinajstić information content (AvgIpc) is 3.03. The summed E-state index contributed by atoms with van der Waals surface area (Å²) in [6, 6.07) is 8.22. The highest BCUT2D eigenvalue weighted by atomic mass is 32.2. The number of sulfonamides is 1. The maximum absolute atomic E-state index is 14.5. The van der Waals surface area contributed by atoms with E-state index in [1.807, 2.05) is 9.62 Å². The number of halogens is 2. The van der Waals surface area contributed by atoms with Gasteiger partial charge in [0, 0.05) is 30.9 Å². The third kappa shape index (κ3) is 3.46. The summed E-state index contributed by atoms with van der Waals surface area (Å²) < 4.78 is 62.1. The van der Waals surface area contributed by atoms with E-state index in [0.29, 0.717) is 11.3 Å². The highest BCUT2D eigenvalue weighted by molar-refractivity contribution is 7.90. The van der Waals surface area contributed by atoms with Crippen molar-refractivity contribution in [1.29, 1.82) is 0 Å². The van der Waals surface area contributed by atoms with E-state index in [1.165, 1.54) is 12.1 Å². The topological polar surface area (TPSA) is 79.6 Å². The Balaban J connectivity index is 1.46. The van der Waals surface area contributed by atoms with Crippen LogP contribution in [0, 0.1) is 11.6 Å². The SMILES string of the molecule is O=C(NS(=O)(=O)c1c(F)cccc1C1CCC1)c1cc2c(F)cc(N3CCC3)cc2o1. The normalized spacial score (nSPS) is 16.8. The lowest BCUT2D eigenvalue weighted by Gasteiger charge is -2.33. The van der Waals surface area contributed by atoms with Crippen molar-refractivity contribution in [3.8, 4) is 0 Å². The largest absolute Gasteiger partial charge is 0.451 e. The monoisotopic (exact) mass is 446 g/mol. The van der Waals surface area contributed by atoms with Crippen LogP contribution in [0.4, 0.5) is 14.5 Å². The second-order valence-corrected chi connectivity index (χ2v) is 9.63. The number of hydrogen-bond acceptors (Lipinski definition) is 5. The molecule has 9 heteroatoms. The molecule has 2 fully saturated rings. The van der Waals surface area contributed by atoms with Crippen molar-refractivity contribution in [3.05, 3.63) is 59.4 Å². The first-order valence-corrected chi connectivity index (χ1v) is 11.7. The van der Waals surface area contributed by atoms with E-state index in [1.54, 1.807) is 12.1 Å². The van der Waals surface area contributed by atoms with Gasteiger partial charge in [-0.05, 0) is 42.9 Å². The standard InChI is InChI=1S/C22H20F2N2O4S/c23-17-7-2-6-15(13-4-1-5-13)21(17)31(28,29)25-22(27)20-12-16-18(24)10-14(11-19(16)30-20)26-8-3-9-26/h2,6-7,10-13H,1,3-5,8-9H2,(H,25,27).